The van der Waals surface area contributed by atoms with Crippen molar-refractivity contribution in [3.8, 4) is 0 Å². The molecule has 1 aromatic heterocycles. The number of carbonyl (C=O) groups is 3. The van der Waals surface area contributed by atoms with E-state index in [1.165, 1.54) is 4.90 Å². The number of carbonyl (C=O) groups excluding carboxylic acids is 3. The Labute approximate surface area is 166 Å². The lowest BCUT2D eigenvalue weighted by Crippen LogP contribution is -2.41. The molecule has 0 spiro atoms. The third-order valence-electron chi connectivity index (χ3n) is 5.85. The summed E-state index contributed by atoms with van der Waals surface area (Å²) in [4.78, 5) is 40.1. The molecule has 0 radical (unpaired) electrons. The third-order valence-corrected chi connectivity index (χ3v) is 5.85. The quantitative estimate of drug-likeness (QED) is 0.724. The second-order valence-electron chi connectivity index (χ2n) is 8.19. The molecule has 2 aliphatic rings. The second-order valence-corrected chi connectivity index (χ2v) is 8.19. The third kappa shape index (κ3) is 3.78. The van der Waals surface area contributed by atoms with Gasteiger partial charge in [0.1, 0.15) is 11.2 Å². The van der Waals surface area contributed by atoms with Crippen LogP contribution in [-0.4, -0.2) is 64.4 Å². The van der Waals surface area contributed by atoms with E-state index in [0.717, 1.165) is 44.5 Å². The Hall–Kier alpha value is -2.35. The predicted molar refractivity (Wildman–Crippen MR) is 106 cm³/mol. The van der Waals surface area contributed by atoms with E-state index < -0.39 is 5.54 Å². The SMILES string of the molecule is CNC(=O)c1ccc(C2CCCCN2CCCN2C(=O)NC(C)(C)C2=O)n1C. The summed E-state index contributed by atoms with van der Waals surface area (Å²) in [6, 6.07) is 3.85. The first-order chi connectivity index (χ1) is 13.3. The summed E-state index contributed by atoms with van der Waals surface area (Å²) in [7, 11) is 3.57. The average Bonchev–Trinajstić information content (AvgIpc) is 3.13. The fourth-order valence-corrected chi connectivity index (χ4v) is 4.26. The molecule has 1 aromatic rings. The van der Waals surface area contributed by atoms with Crippen molar-refractivity contribution in [2.75, 3.05) is 26.7 Å². The van der Waals surface area contributed by atoms with Crippen LogP contribution in [0.3, 0.4) is 0 Å². The maximum Gasteiger partial charge on any atom is 0.325 e. The van der Waals surface area contributed by atoms with E-state index in [2.05, 4.69) is 15.5 Å². The van der Waals surface area contributed by atoms with Crippen LogP contribution >= 0.6 is 0 Å². The summed E-state index contributed by atoms with van der Waals surface area (Å²) < 4.78 is 1.97. The molecule has 4 amide bonds. The average molecular weight is 390 g/mol. The molecule has 8 nitrogen and oxygen atoms in total. The van der Waals surface area contributed by atoms with Crippen LogP contribution in [0.4, 0.5) is 4.79 Å². The van der Waals surface area contributed by atoms with Crippen LogP contribution in [0.1, 0.15) is 61.8 Å². The van der Waals surface area contributed by atoms with Crippen LogP contribution in [0, 0.1) is 0 Å². The molecule has 1 atom stereocenters. The predicted octanol–water partition coefficient (Wildman–Crippen LogP) is 1.63. The number of nitrogens with one attached hydrogen (secondary N) is 2. The standard InChI is InChI=1S/C20H31N5O3/c1-20(2)18(27)25(19(28)22-20)13-7-12-24-11-6-5-8-15(24)14-9-10-16(23(14)4)17(26)21-3/h9-10,15H,5-8,11-13H2,1-4H3,(H,21,26)(H,22,28). The van der Waals surface area contributed by atoms with Crippen molar-refractivity contribution in [2.45, 2.75) is 51.1 Å². The Morgan fingerprint density at radius 2 is 2.00 bits per heavy atom. The number of piperidine rings is 1. The molecule has 3 heterocycles. The number of hydrogen-bond acceptors (Lipinski definition) is 4. The highest BCUT2D eigenvalue weighted by Crippen LogP contribution is 2.32. The van der Waals surface area contributed by atoms with Crippen molar-refractivity contribution in [3.63, 3.8) is 0 Å². The fourth-order valence-electron chi connectivity index (χ4n) is 4.26. The zero-order valence-electron chi connectivity index (χ0n) is 17.2. The highest BCUT2D eigenvalue weighted by Gasteiger charge is 2.43. The van der Waals surface area contributed by atoms with Crippen LogP contribution < -0.4 is 10.6 Å². The first-order valence-electron chi connectivity index (χ1n) is 10.0. The summed E-state index contributed by atoms with van der Waals surface area (Å²) in [6.45, 7) is 5.67. The maximum atomic E-state index is 12.3. The van der Waals surface area contributed by atoms with Gasteiger partial charge in [-0.1, -0.05) is 6.42 Å². The van der Waals surface area contributed by atoms with Gasteiger partial charge in [0.15, 0.2) is 0 Å². The molecule has 8 heteroatoms. The Balaban J connectivity index is 1.65. The number of imide groups is 1. The Kier molecular flexibility index (Phi) is 5.79. The zero-order valence-corrected chi connectivity index (χ0v) is 17.2. The molecule has 154 valence electrons. The first-order valence-corrected chi connectivity index (χ1v) is 10.0. The molecular formula is C20H31N5O3. The number of nitrogens with zero attached hydrogens (tertiary/aromatic N) is 3. The summed E-state index contributed by atoms with van der Waals surface area (Å²) in [5, 5.41) is 5.41. The zero-order chi connectivity index (χ0) is 20.5. The number of urea groups is 1. The molecule has 0 aromatic carbocycles. The highest BCUT2D eigenvalue weighted by molar-refractivity contribution is 6.06. The van der Waals surface area contributed by atoms with Crippen LogP contribution in [0.25, 0.3) is 0 Å². The minimum Gasteiger partial charge on any atom is -0.354 e. The smallest absolute Gasteiger partial charge is 0.325 e. The lowest BCUT2D eigenvalue weighted by molar-refractivity contribution is -0.130. The summed E-state index contributed by atoms with van der Waals surface area (Å²) >= 11 is 0. The van der Waals surface area contributed by atoms with E-state index in [9.17, 15) is 14.4 Å². The Morgan fingerprint density at radius 3 is 2.64 bits per heavy atom. The monoisotopic (exact) mass is 389 g/mol. The van der Waals surface area contributed by atoms with Gasteiger partial charge in [0.25, 0.3) is 11.8 Å². The van der Waals surface area contributed by atoms with E-state index in [1.807, 2.05) is 23.7 Å². The maximum absolute atomic E-state index is 12.3. The summed E-state index contributed by atoms with van der Waals surface area (Å²) in [5.41, 5.74) is 0.975. The second kappa shape index (κ2) is 7.95. The molecule has 0 bridgehead atoms. The van der Waals surface area contributed by atoms with Gasteiger partial charge in [-0.25, -0.2) is 4.79 Å². The van der Waals surface area contributed by atoms with E-state index in [0.29, 0.717) is 12.2 Å². The minimum atomic E-state index is -0.815. The molecule has 28 heavy (non-hydrogen) atoms. The summed E-state index contributed by atoms with van der Waals surface area (Å²) in [5.74, 6) is -0.248. The largest absolute Gasteiger partial charge is 0.354 e. The number of likely N-dealkylation sites (tertiary alicyclic amines) is 1. The topological polar surface area (TPSA) is 86.7 Å². The van der Waals surface area contributed by atoms with Crippen LogP contribution in [-0.2, 0) is 11.8 Å². The van der Waals surface area contributed by atoms with Crippen molar-refractivity contribution in [2.24, 2.45) is 7.05 Å². The van der Waals surface area contributed by atoms with E-state index in [1.54, 1.807) is 20.9 Å². The summed E-state index contributed by atoms with van der Waals surface area (Å²) in [6.07, 6.45) is 4.07. The normalized spacial score (nSPS) is 22.4. The Morgan fingerprint density at radius 1 is 1.25 bits per heavy atom. The highest BCUT2D eigenvalue weighted by atomic mass is 16.2. The minimum absolute atomic E-state index is 0.0858. The van der Waals surface area contributed by atoms with E-state index in [4.69, 9.17) is 0 Å². The van der Waals surface area contributed by atoms with Crippen LogP contribution in [0.5, 0.6) is 0 Å². The molecule has 2 fully saturated rings. The van der Waals surface area contributed by atoms with E-state index in [-0.39, 0.29) is 23.9 Å². The number of amides is 4. The lowest BCUT2D eigenvalue weighted by atomic mass is 9.99. The van der Waals surface area contributed by atoms with Crippen molar-refractivity contribution in [1.82, 2.24) is 25.0 Å². The van der Waals surface area contributed by atoms with Crippen molar-refractivity contribution in [1.29, 1.82) is 0 Å². The number of rotatable bonds is 6. The molecule has 3 rings (SSSR count). The van der Waals surface area contributed by atoms with Gasteiger partial charge in [0.2, 0.25) is 0 Å². The van der Waals surface area contributed by atoms with Crippen molar-refractivity contribution < 1.29 is 14.4 Å². The number of hydrogen-bond donors (Lipinski definition) is 2. The molecule has 2 N–H and O–H groups in total. The fraction of sp³-hybridized carbons (Fsp3) is 0.650. The van der Waals surface area contributed by atoms with Crippen molar-refractivity contribution >= 4 is 17.8 Å². The molecule has 2 aliphatic heterocycles. The van der Waals surface area contributed by atoms with Gasteiger partial charge in [0.05, 0.1) is 6.04 Å². The van der Waals surface area contributed by atoms with Crippen LogP contribution in [0.15, 0.2) is 12.1 Å². The van der Waals surface area contributed by atoms with Gasteiger partial charge in [-0.15, -0.1) is 0 Å². The van der Waals surface area contributed by atoms with Gasteiger partial charge < -0.3 is 15.2 Å². The van der Waals surface area contributed by atoms with Crippen molar-refractivity contribution in [3.05, 3.63) is 23.5 Å². The lowest BCUT2D eigenvalue weighted by Gasteiger charge is -2.36. The van der Waals surface area contributed by atoms with Gasteiger partial charge in [-0.3, -0.25) is 19.4 Å². The molecule has 2 saturated heterocycles. The Bertz CT molecular complexity index is 770. The van der Waals surface area contributed by atoms with Gasteiger partial charge in [-0.05, 0) is 51.8 Å². The van der Waals surface area contributed by atoms with Crippen LogP contribution in [0.2, 0.25) is 0 Å². The first kappa shape index (κ1) is 20.4. The van der Waals surface area contributed by atoms with Gasteiger partial charge >= 0.3 is 6.03 Å². The molecular weight excluding hydrogens is 358 g/mol. The number of aromatic nitrogens is 1. The molecule has 0 saturated carbocycles. The molecule has 1 unspecified atom stereocenters. The van der Waals surface area contributed by atoms with Gasteiger partial charge in [0, 0.05) is 32.9 Å². The van der Waals surface area contributed by atoms with Gasteiger partial charge in [-0.2, -0.15) is 0 Å². The van der Waals surface area contributed by atoms with E-state index >= 15 is 0 Å². The molecule has 0 aliphatic carbocycles.